The number of nitrogens with two attached hydrogens (primary N) is 1. The molecule has 88 valence electrons. The number of nitrogens with zero attached hydrogens (tertiary/aromatic N) is 1. The summed E-state index contributed by atoms with van der Waals surface area (Å²) in [5.74, 6) is 0.840. The molecule has 1 fully saturated rings. The third-order valence-electron chi connectivity index (χ3n) is 3.10. The molecule has 2 N–H and O–H groups in total. The summed E-state index contributed by atoms with van der Waals surface area (Å²) in [6.45, 7) is 3.71. The minimum Gasteiger partial charge on any atom is -0.490 e. The highest BCUT2D eigenvalue weighted by Crippen LogP contribution is 2.27. The maximum Gasteiger partial charge on any atom is 0.145 e. The van der Waals surface area contributed by atoms with E-state index in [0.717, 1.165) is 29.6 Å². The van der Waals surface area contributed by atoms with E-state index in [9.17, 15) is 0 Å². The Morgan fingerprint density at radius 2 is 2.19 bits per heavy atom. The fraction of sp³-hybridized carbons (Fsp3) is 0.538. The first kappa shape index (κ1) is 11.3. The standard InChI is InChI=1S/C13H20N2O/c1-10-4-3-5-12(14)13(10)16-9-8-15(2)11-6-7-11/h3-5,11H,6-9,14H2,1-2H3. The summed E-state index contributed by atoms with van der Waals surface area (Å²) in [5, 5.41) is 0. The molecular weight excluding hydrogens is 200 g/mol. The van der Waals surface area contributed by atoms with Crippen molar-refractivity contribution >= 4 is 5.69 Å². The van der Waals surface area contributed by atoms with Gasteiger partial charge in [0.2, 0.25) is 0 Å². The summed E-state index contributed by atoms with van der Waals surface area (Å²) >= 11 is 0. The predicted molar refractivity (Wildman–Crippen MR) is 66.7 cm³/mol. The second-order valence-corrected chi connectivity index (χ2v) is 4.55. The first-order chi connectivity index (χ1) is 7.68. The smallest absolute Gasteiger partial charge is 0.145 e. The Morgan fingerprint density at radius 3 is 2.81 bits per heavy atom. The lowest BCUT2D eigenvalue weighted by Crippen LogP contribution is -2.26. The number of ether oxygens (including phenoxy) is 1. The van der Waals surface area contributed by atoms with Crippen LogP contribution in [0.2, 0.25) is 0 Å². The molecule has 0 spiro atoms. The van der Waals surface area contributed by atoms with Gasteiger partial charge in [0.05, 0.1) is 5.69 Å². The van der Waals surface area contributed by atoms with E-state index in [-0.39, 0.29) is 0 Å². The zero-order chi connectivity index (χ0) is 11.5. The van der Waals surface area contributed by atoms with Crippen LogP contribution in [0.3, 0.4) is 0 Å². The summed E-state index contributed by atoms with van der Waals surface area (Å²) < 4.78 is 5.75. The van der Waals surface area contributed by atoms with Gasteiger partial charge in [-0.05, 0) is 38.4 Å². The molecule has 1 saturated carbocycles. The molecule has 0 atom stereocenters. The van der Waals surface area contributed by atoms with Crippen LogP contribution in [-0.4, -0.2) is 31.1 Å². The van der Waals surface area contributed by atoms with Crippen molar-refractivity contribution in [2.24, 2.45) is 0 Å². The third-order valence-corrected chi connectivity index (χ3v) is 3.10. The van der Waals surface area contributed by atoms with E-state index >= 15 is 0 Å². The highest BCUT2D eigenvalue weighted by Gasteiger charge is 2.25. The highest BCUT2D eigenvalue weighted by atomic mass is 16.5. The van der Waals surface area contributed by atoms with Crippen LogP contribution in [0.5, 0.6) is 5.75 Å². The number of anilines is 1. The first-order valence-electron chi connectivity index (χ1n) is 5.86. The lowest BCUT2D eigenvalue weighted by atomic mass is 10.2. The maximum absolute atomic E-state index is 5.87. The van der Waals surface area contributed by atoms with E-state index in [2.05, 4.69) is 11.9 Å². The molecule has 3 nitrogen and oxygen atoms in total. The highest BCUT2D eigenvalue weighted by molar-refractivity contribution is 5.56. The average molecular weight is 220 g/mol. The van der Waals surface area contributed by atoms with Crippen LogP contribution in [0.4, 0.5) is 5.69 Å². The molecule has 0 saturated heterocycles. The molecule has 2 rings (SSSR count). The monoisotopic (exact) mass is 220 g/mol. The molecule has 0 aromatic heterocycles. The quantitative estimate of drug-likeness (QED) is 0.772. The second-order valence-electron chi connectivity index (χ2n) is 4.55. The van der Waals surface area contributed by atoms with Crippen LogP contribution in [0.1, 0.15) is 18.4 Å². The summed E-state index contributed by atoms with van der Waals surface area (Å²) in [5.41, 5.74) is 7.71. The van der Waals surface area contributed by atoms with Gasteiger partial charge in [-0.25, -0.2) is 0 Å². The molecule has 1 aliphatic carbocycles. The number of aryl methyl sites for hydroxylation is 1. The maximum atomic E-state index is 5.87. The number of hydrogen-bond donors (Lipinski definition) is 1. The van der Waals surface area contributed by atoms with Crippen molar-refractivity contribution in [1.29, 1.82) is 0 Å². The van der Waals surface area contributed by atoms with Crippen LogP contribution >= 0.6 is 0 Å². The number of benzene rings is 1. The van der Waals surface area contributed by atoms with E-state index < -0.39 is 0 Å². The van der Waals surface area contributed by atoms with Gasteiger partial charge >= 0.3 is 0 Å². The number of rotatable bonds is 5. The minimum atomic E-state index is 0.710. The minimum absolute atomic E-state index is 0.710. The van der Waals surface area contributed by atoms with Gasteiger partial charge in [0.1, 0.15) is 12.4 Å². The van der Waals surface area contributed by atoms with Crippen molar-refractivity contribution in [2.75, 3.05) is 25.9 Å². The van der Waals surface area contributed by atoms with Crippen molar-refractivity contribution < 1.29 is 4.74 Å². The average Bonchev–Trinajstić information content (AvgIpc) is 3.05. The molecule has 3 heteroatoms. The van der Waals surface area contributed by atoms with Gasteiger partial charge in [-0.3, -0.25) is 0 Å². The fourth-order valence-corrected chi connectivity index (χ4v) is 1.86. The van der Waals surface area contributed by atoms with Crippen molar-refractivity contribution in [3.8, 4) is 5.75 Å². The summed E-state index contributed by atoms with van der Waals surface area (Å²) in [7, 11) is 2.15. The van der Waals surface area contributed by atoms with Crippen LogP contribution in [0.15, 0.2) is 18.2 Å². The Kier molecular flexibility index (Phi) is 3.34. The predicted octanol–water partition coefficient (Wildman–Crippen LogP) is 2.05. The number of likely N-dealkylation sites (N-methyl/N-ethyl adjacent to an activating group) is 1. The van der Waals surface area contributed by atoms with Crippen LogP contribution < -0.4 is 10.5 Å². The Morgan fingerprint density at radius 1 is 1.44 bits per heavy atom. The molecule has 16 heavy (non-hydrogen) atoms. The summed E-state index contributed by atoms with van der Waals surface area (Å²) in [6.07, 6.45) is 2.67. The lowest BCUT2D eigenvalue weighted by molar-refractivity contribution is 0.232. The van der Waals surface area contributed by atoms with E-state index in [0.29, 0.717) is 6.61 Å². The molecule has 0 unspecified atom stereocenters. The van der Waals surface area contributed by atoms with Gasteiger partial charge < -0.3 is 15.4 Å². The van der Waals surface area contributed by atoms with Crippen molar-refractivity contribution in [3.05, 3.63) is 23.8 Å². The van der Waals surface area contributed by atoms with Crippen LogP contribution in [0, 0.1) is 6.92 Å². The molecule has 0 aliphatic heterocycles. The molecule has 1 aromatic carbocycles. The SMILES string of the molecule is Cc1cccc(N)c1OCCN(C)C1CC1. The Hall–Kier alpha value is -1.22. The third kappa shape index (κ3) is 2.67. The lowest BCUT2D eigenvalue weighted by Gasteiger charge is -2.17. The Balaban J connectivity index is 1.84. The largest absolute Gasteiger partial charge is 0.490 e. The van der Waals surface area contributed by atoms with Gasteiger partial charge in [0.15, 0.2) is 0 Å². The first-order valence-corrected chi connectivity index (χ1v) is 5.86. The molecule has 1 aliphatic rings. The van der Waals surface area contributed by atoms with Gasteiger partial charge in [0.25, 0.3) is 0 Å². The molecule has 0 radical (unpaired) electrons. The summed E-state index contributed by atoms with van der Waals surface area (Å²) in [6, 6.07) is 6.65. The molecule has 0 bridgehead atoms. The normalized spacial score (nSPS) is 15.4. The van der Waals surface area contributed by atoms with Crippen molar-refractivity contribution in [1.82, 2.24) is 4.90 Å². The van der Waals surface area contributed by atoms with Crippen LogP contribution in [0.25, 0.3) is 0 Å². The van der Waals surface area contributed by atoms with Gasteiger partial charge in [-0.2, -0.15) is 0 Å². The Bertz CT molecular complexity index is 341. The van der Waals surface area contributed by atoms with E-state index in [4.69, 9.17) is 10.5 Å². The molecule has 1 aromatic rings. The molecular formula is C13H20N2O. The summed E-state index contributed by atoms with van der Waals surface area (Å²) in [4.78, 5) is 2.36. The van der Waals surface area contributed by atoms with Crippen molar-refractivity contribution in [2.45, 2.75) is 25.8 Å². The zero-order valence-corrected chi connectivity index (χ0v) is 10.1. The number of hydrogen-bond acceptors (Lipinski definition) is 3. The van der Waals surface area contributed by atoms with Gasteiger partial charge in [-0.1, -0.05) is 12.1 Å². The van der Waals surface area contributed by atoms with Crippen LogP contribution in [-0.2, 0) is 0 Å². The van der Waals surface area contributed by atoms with Crippen molar-refractivity contribution in [3.63, 3.8) is 0 Å². The van der Waals surface area contributed by atoms with Gasteiger partial charge in [0, 0.05) is 12.6 Å². The van der Waals surface area contributed by atoms with E-state index in [1.165, 1.54) is 12.8 Å². The molecule has 0 heterocycles. The second kappa shape index (κ2) is 4.74. The topological polar surface area (TPSA) is 38.5 Å². The fourth-order valence-electron chi connectivity index (χ4n) is 1.86. The number of para-hydroxylation sites is 1. The van der Waals surface area contributed by atoms with E-state index in [1.807, 2.05) is 25.1 Å². The zero-order valence-electron chi connectivity index (χ0n) is 10.1. The Labute approximate surface area is 97.2 Å². The van der Waals surface area contributed by atoms with Gasteiger partial charge in [-0.15, -0.1) is 0 Å². The van der Waals surface area contributed by atoms with E-state index in [1.54, 1.807) is 0 Å². The number of nitrogen functional groups attached to an aromatic ring is 1. The molecule has 0 amide bonds.